The third kappa shape index (κ3) is 4.87. The van der Waals surface area contributed by atoms with Crippen molar-refractivity contribution in [3.8, 4) is 0 Å². The number of rotatable bonds is 8. The van der Waals surface area contributed by atoms with Crippen molar-refractivity contribution in [1.82, 2.24) is 4.98 Å². The van der Waals surface area contributed by atoms with Crippen molar-refractivity contribution in [1.29, 1.82) is 0 Å². The first-order chi connectivity index (χ1) is 8.65. The minimum Gasteiger partial charge on any atom is -0.478 e. The second kappa shape index (κ2) is 7.86. The zero-order valence-electron chi connectivity index (χ0n) is 9.73. The van der Waals surface area contributed by atoms with Gasteiger partial charge in [-0.2, -0.15) is 0 Å². The van der Waals surface area contributed by atoms with Crippen molar-refractivity contribution in [2.24, 2.45) is 0 Å². The molecule has 6 nitrogen and oxygen atoms in total. The van der Waals surface area contributed by atoms with E-state index in [1.807, 2.05) is 0 Å². The van der Waals surface area contributed by atoms with Crippen LogP contribution in [0.25, 0.3) is 0 Å². The molecule has 1 rings (SSSR count). The van der Waals surface area contributed by atoms with Gasteiger partial charge in [0.1, 0.15) is 5.82 Å². The number of aromatic nitrogens is 1. The van der Waals surface area contributed by atoms with Gasteiger partial charge in [0.25, 0.3) is 0 Å². The Morgan fingerprint density at radius 2 is 2.28 bits per heavy atom. The number of aliphatic hydroxyl groups excluding tert-OH is 1. The van der Waals surface area contributed by atoms with Gasteiger partial charge in [-0.25, -0.2) is 9.78 Å². The predicted molar refractivity (Wildman–Crippen MR) is 67.2 cm³/mol. The summed E-state index contributed by atoms with van der Waals surface area (Å²) in [5.74, 6) is -0.629. The van der Waals surface area contributed by atoms with Crippen LogP contribution in [0.2, 0.25) is 5.02 Å². The van der Waals surface area contributed by atoms with E-state index in [0.717, 1.165) is 6.42 Å². The molecule has 0 aromatic carbocycles. The van der Waals surface area contributed by atoms with E-state index in [4.69, 9.17) is 26.6 Å². The Kier molecular flexibility index (Phi) is 6.42. The number of halogens is 1. The molecule has 1 aromatic rings. The second-order valence-corrected chi connectivity index (χ2v) is 3.88. The minimum atomic E-state index is -1.09. The van der Waals surface area contributed by atoms with Gasteiger partial charge in [0.05, 0.1) is 23.8 Å². The molecular formula is C11H15ClN2O4. The summed E-state index contributed by atoms with van der Waals surface area (Å²) >= 11 is 5.69. The third-order valence-electron chi connectivity index (χ3n) is 2.09. The number of aromatic carboxylic acids is 1. The van der Waals surface area contributed by atoms with Crippen LogP contribution in [0.5, 0.6) is 0 Å². The molecule has 1 heterocycles. The lowest BCUT2D eigenvalue weighted by Gasteiger charge is -2.07. The molecule has 0 aliphatic carbocycles. The number of carboxylic acid groups (broad SMARTS) is 1. The maximum Gasteiger partial charge on any atom is 0.337 e. The highest BCUT2D eigenvalue weighted by Gasteiger charge is 2.09. The van der Waals surface area contributed by atoms with Crippen molar-refractivity contribution in [2.45, 2.75) is 6.42 Å². The van der Waals surface area contributed by atoms with Crippen LogP contribution in [0, 0.1) is 0 Å². The zero-order chi connectivity index (χ0) is 13.4. The number of hydrogen-bond acceptors (Lipinski definition) is 5. The van der Waals surface area contributed by atoms with E-state index in [0.29, 0.717) is 25.6 Å². The Balaban J connectivity index is 2.38. The van der Waals surface area contributed by atoms with E-state index in [9.17, 15) is 4.79 Å². The molecule has 0 spiro atoms. The van der Waals surface area contributed by atoms with E-state index < -0.39 is 5.97 Å². The zero-order valence-corrected chi connectivity index (χ0v) is 10.5. The van der Waals surface area contributed by atoms with Crippen LogP contribution in [-0.4, -0.2) is 47.5 Å². The summed E-state index contributed by atoms with van der Waals surface area (Å²) < 4.78 is 5.08. The summed E-state index contributed by atoms with van der Waals surface area (Å²) in [6, 6.07) is 1.39. The fourth-order valence-corrected chi connectivity index (χ4v) is 1.44. The average Bonchev–Trinajstić information content (AvgIpc) is 2.35. The fraction of sp³-hybridized carbons (Fsp3) is 0.455. The Bertz CT molecular complexity index is 401. The summed E-state index contributed by atoms with van der Waals surface area (Å²) in [6.45, 7) is 1.45. The number of pyridine rings is 1. The Morgan fingerprint density at radius 3 is 2.94 bits per heavy atom. The van der Waals surface area contributed by atoms with E-state index in [1.54, 1.807) is 0 Å². The van der Waals surface area contributed by atoms with Gasteiger partial charge in [-0.15, -0.1) is 0 Å². The number of nitrogens with zero attached hydrogens (tertiary/aromatic N) is 1. The molecule has 1 aromatic heterocycles. The molecule has 0 aliphatic heterocycles. The first-order valence-electron chi connectivity index (χ1n) is 5.46. The predicted octanol–water partition coefficient (Wildman–Crippen LogP) is 1.24. The number of ether oxygens (including phenoxy) is 1. The quantitative estimate of drug-likeness (QED) is 0.618. The molecule has 0 bridgehead atoms. The van der Waals surface area contributed by atoms with E-state index in [2.05, 4.69) is 10.3 Å². The SMILES string of the molecule is O=C(O)c1cc(NCCCOCCO)ncc1Cl. The lowest BCUT2D eigenvalue weighted by Crippen LogP contribution is -2.09. The van der Waals surface area contributed by atoms with E-state index >= 15 is 0 Å². The normalized spacial score (nSPS) is 10.3. The van der Waals surface area contributed by atoms with Gasteiger partial charge in [0, 0.05) is 19.3 Å². The average molecular weight is 275 g/mol. The van der Waals surface area contributed by atoms with Crippen LogP contribution < -0.4 is 5.32 Å². The maximum absolute atomic E-state index is 10.8. The summed E-state index contributed by atoms with van der Waals surface area (Å²) in [4.78, 5) is 14.8. The van der Waals surface area contributed by atoms with Crippen molar-refractivity contribution in [3.63, 3.8) is 0 Å². The monoisotopic (exact) mass is 274 g/mol. The number of nitrogens with one attached hydrogen (secondary N) is 1. The first-order valence-corrected chi connectivity index (χ1v) is 5.84. The first kappa shape index (κ1) is 14.7. The molecule has 18 heavy (non-hydrogen) atoms. The van der Waals surface area contributed by atoms with E-state index in [-0.39, 0.29) is 17.2 Å². The van der Waals surface area contributed by atoms with Gasteiger partial charge in [-0.1, -0.05) is 11.6 Å². The van der Waals surface area contributed by atoms with Crippen molar-refractivity contribution < 1.29 is 19.7 Å². The van der Waals surface area contributed by atoms with Crippen LogP contribution >= 0.6 is 11.6 Å². The van der Waals surface area contributed by atoms with Gasteiger partial charge in [0.2, 0.25) is 0 Å². The van der Waals surface area contributed by atoms with Gasteiger partial charge < -0.3 is 20.3 Å². The highest BCUT2D eigenvalue weighted by Crippen LogP contribution is 2.17. The molecule has 0 atom stereocenters. The summed E-state index contributed by atoms with van der Waals surface area (Å²) in [5, 5.41) is 20.4. The van der Waals surface area contributed by atoms with Crippen LogP contribution in [0.3, 0.4) is 0 Å². The summed E-state index contributed by atoms with van der Waals surface area (Å²) in [5.41, 5.74) is 0.0192. The standard InChI is InChI=1S/C11H15ClN2O4/c12-9-7-14-10(6-8(9)11(16)17)13-2-1-4-18-5-3-15/h6-7,15H,1-5H2,(H,13,14)(H,16,17). The number of anilines is 1. The number of carboxylic acids is 1. The van der Waals surface area contributed by atoms with Crippen LogP contribution in [0.15, 0.2) is 12.3 Å². The largest absolute Gasteiger partial charge is 0.478 e. The van der Waals surface area contributed by atoms with Gasteiger partial charge in [-0.3, -0.25) is 0 Å². The Morgan fingerprint density at radius 1 is 1.50 bits per heavy atom. The molecule has 100 valence electrons. The fourth-order valence-electron chi connectivity index (χ4n) is 1.26. The van der Waals surface area contributed by atoms with E-state index in [1.165, 1.54) is 12.3 Å². The lowest BCUT2D eigenvalue weighted by molar-refractivity contribution is 0.0697. The number of carbonyl (C=O) groups is 1. The van der Waals surface area contributed by atoms with Gasteiger partial charge >= 0.3 is 5.97 Å². The second-order valence-electron chi connectivity index (χ2n) is 3.47. The molecule has 0 aliphatic rings. The molecule has 3 N–H and O–H groups in total. The van der Waals surface area contributed by atoms with Crippen molar-refractivity contribution >= 4 is 23.4 Å². The molecule has 0 saturated carbocycles. The summed E-state index contributed by atoms with van der Waals surface area (Å²) in [6.07, 6.45) is 2.03. The summed E-state index contributed by atoms with van der Waals surface area (Å²) in [7, 11) is 0. The Hall–Kier alpha value is -1.37. The molecule has 0 unspecified atom stereocenters. The van der Waals surface area contributed by atoms with Crippen molar-refractivity contribution in [3.05, 3.63) is 22.8 Å². The van der Waals surface area contributed by atoms with Gasteiger partial charge in [0.15, 0.2) is 0 Å². The number of hydrogen-bond donors (Lipinski definition) is 3. The van der Waals surface area contributed by atoms with Crippen LogP contribution in [-0.2, 0) is 4.74 Å². The lowest BCUT2D eigenvalue weighted by atomic mass is 10.2. The highest BCUT2D eigenvalue weighted by atomic mass is 35.5. The molecule has 0 amide bonds. The topological polar surface area (TPSA) is 91.7 Å². The molecule has 7 heteroatoms. The molecule has 0 radical (unpaired) electrons. The Labute approximate surface area is 110 Å². The minimum absolute atomic E-state index is 0.00808. The van der Waals surface area contributed by atoms with Crippen LogP contribution in [0.4, 0.5) is 5.82 Å². The third-order valence-corrected chi connectivity index (χ3v) is 2.39. The smallest absolute Gasteiger partial charge is 0.337 e. The van der Waals surface area contributed by atoms with Crippen molar-refractivity contribution in [2.75, 3.05) is 31.7 Å². The molecule has 0 fully saturated rings. The molecular weight excluding hydrogens is 260 g/mol. The molecule has 0 saturated heterocycles. The van der Waals surface area contributed by atoms with Crippen LogP contribution in [0.1, 0.15) is 16.8 Å². The maximum atomic E-state index is 10.8. The highest BCUT2D eigenvalue weighted by molar-refractivity contribution is 6.33. The van der Waals surface area contributed by atoms with Gasteiger partial charge in [-0.05, 0) is 12.5 Å². The number of aliphatic hydroxyl groups is 1.